The lowest BCUT2D eigenvalue weighted by atomic mass is 9.93. The summed E-state index contributed by atoms with van der Waals surface area (Å²) < 4.78 is 2.03. The van der Waals surface area contributed by atoms with Gasteiger partial charge in [-0.15, -0.1) is 0 Å². The van der Waals surface area contributed by atoms with Crippen LogP contribution in [0.2, 0.25) is 5.02 Å². The average Bonchev–Trinajstić information content (AvgIpc) is 2.68. The van der Waals surface area contributed by atoms with Gasteiger partial charge in [0, 0.05) is 6.04 Å². The van der Waals surface area contributed by atoms with E-state index >= 15 is 0 Å². The van der Waals surface area contributed by atoms with Gasteiger partial charge in [-0.2, -0.15) is 0 Å². The molecule has 1 heterocycles. The van der Waals surface area contributed by atoms with Crippen molar-refractivity contribution in [3.8, 4) is 0 Å². The van der Waals surface area contributed by atoms with Gasteiger partial charge in [0.05, 0.1) is 22.2 Å². The third-order valence-electron chi connectivity index (χ3n) is 3.72. The van der Waals surface area contributed by atoms with Crippen LogP contribution in [0.5, 0.6) is 0 Å². The molecule has 1 aromatic heterocycles. The Hall–Kier alpha value is -1.26. The first-order valence-electron chi connectivity index (χ1n) is 6.27. The molecule has 0 bridgehead atoms. The maximum atomic E-state index is 9.58. The summed E-state index contributed by atoms with van der Waals surface area (Å²) in [5.74, 6) is 0.513. The average molecular weight is 266 g/mol. The summed E-state index contributed by atoms with van der Waals surface area (Å²) in [5, 5.41) is 10.3. The Morgan fingerprint density at radius 1 is 1.28 bits per heavy atom. The fourth-order valence-corrected chi connectivity index (χ4v) is 3.07. The normalized spacial score (nSPS) is 24.6. The number of aliphatic hydroxyl groups is 1. The molecule has 1 aliphatic carbocycles. The van der Waals surface area contributed by atoms with Gasteiger partial charge in [-0.05, 0) is 37.8 Å². The van der Waals surface area contributed by atoms with Crippen LogP contribution < -0.4 is 5.73 Å². The van der Waals surface area contributed by atoms with Gasteiger partial charge in [0.2, 0.25) is 5.95 Å². The number of anilines is 1. The molecule has 0 spiro atoms. The lowest BCUT2D eigenvalue weighted by Crippen LogP contribution is -2.22. The number of nitrogens with two attached hydrogens (primary N) is 1. The summed E-state index contributed by atoms with van der Waals surface area (Å²) in [4.78, 5) is 4.36. The van der Waals surface area contributed by atoms with E-state index in [0.717, 1.165) is 36.7 Å². The standard InChI is InChI=1S/C13H16ClN3O/c14-10-2-1-3-11-12(10)17(13(15)16-11)8-4-6-9(18)7-5-8/h1-3,8-9,18H,4-7H2,(H2,15,16). The lowest BCUT2D eigenvalue weighted by molar-refractivity contribution is 0.112. The van der Waals surface area contributed by atoms with E-state index in [2.05, 4.69) is 4.98 Å². The van der Waals surface area contributed by atoms with Crippen molar-refractivity contribution in [1.82, 2.24) is 9.55 Å². The quantitative estimate of drug-likeness (QED) is 0.833. The number of hydrogen-bond acceptors (Lipinski definition) is 3. The highest BCUT2D eigenvalue weighted by molar-refractivity contribution is 6.35. The molecule has 1 saturated carbocycles. The summed E-state index contributed by atoms with van der Waals surface area (Å²) in [6.45, 7) is 0. The highest BCUT2D eigenvalue weighted by Gasteiger charge is 2.24. The molecule has 18 heavy (non-hydrogen) atoms. The number of hydrogen-bond donors (Lipinski definition) is 2. The topological polar surface area (TPSA) is 64.1 Å². The molecule has 2 aromatic rings. The molecule has 0 radical (unpaired) electrons. The van der Waals surface area contributed by atoms with Gasteiger partial charge in [0.15, 0.2) is 0 Å². The smallest absolute Gasteiger partial charge is 0.201 e. The van der Waals surface area contributed by atoms with Gasteiger partial charge in [-0.25, -0.2) is 4.98 Å². The van der Waals surface area contributed by atoms with Crippen LogP contribution in [0.4, 0.5) is 5.95 Å². The number of fused-ring (bicyclic) bond motifs is 1. The molecule has 1 aromatic carbocycles. The molecule has 0 aliphatic heterocycles. The summed E-state index contributed by atoms with van der Waals surface area (Å²) in [6.07, 6.45) is 3.29. The predicted molar refractivity (Wildman–Crippen MR) is 72.7 cm³/mol. The second kappa shape index (κ2) is 4.44. The third-order valence-corrected chi connectivity index (χ3v) is 4.02. The number of imidazole rings is 1. The molecule has 0 atom stereocenters. The maximum Gasteiger partial charge on any atom is 0.201 e. The van der Waals surface area contributed by atoms with Crippen molar-refractivity contribution >= 4 is 28.6 Å². The number of benzene rings is 1. The van der Waals surface area contributed by atoms with E-state index < -0.39 is 0 Å². The predicted octanol–water partition coefficient (Wildman–Crippen LogP) is 2.75. The maximum absolute atomic E-state index is 9.58. The van der Waals surface area contributed by atoms with Crippen LogP contribution in [0.3, 0.4) is 0 Å². The van der Waals surface area contributed by atoms with Crippen molar-refractivity contribution in [3.05, 3.63) is 23.2 Å². The van der Waals surface area contributed by atoms with Crippen LogP contribution >= 0.6 is 11.6 Å². The van der Waals surface area contributed by atoms with E-state index in [1.165, 1.54) is 0 Å². The first kappa shape index (κ1) is 11.8. The molecule has 96 valence electrons. The first-order valence-corrected chi connectivity index (χ1v) is 6.64. The first-order chi connectivity index (χ1) is 8.66. The monoisotopic (exact) mass is 265 g/mol. The summed E-state index contributed by atoms with van der Waals surface area (Å²) in [5.41, 5.74) is 7.77. The molecule has 0 saturated heterocycles. The van der Waals surface area contributed by atoms with E-state index in [9.17, 15) is 5.11 Å². The fraction of sp³-hybridized carbons (Fsp3) is 0.462. The van der Waals surface area contributed by atoms with Crippen LogP contribution in [-0.2, 0) is 0 Å². The molecule has 0 amide bonds. The zero-order valence-electron chi connectivity index (χ0n) is 10.0. The minimum absolute atomic E-state index is 0.173. The fourth-order valence-electron chi connectivity index (χ4n) is 2.81. The van der Waals surface area contributed by atoms with Crippen molar-refractivity contribution in [3.63, 3.8) is 0 Å². The number of aromatic nitrogens is 2. The Kier molecular flexibility index (Phi) is 2.92. The largest absolute Gasteiger partial charge is 0.393 e. The van der Waals surface area contributed by atoms with Gasteiger partial charge in [0.1, 0.15) is 0 Å². The van der Waals surface area contributed by atoms with Gasteiger partial charge in [0.25, 0.3) is 0 Å². The Balaban J connectivity index is 2.08. The van der Waals surface area contributed by atoms with E-state index in [1.807, 2.05) is 22.8 Å². The molecule has 5 heteroatoms. The number of para-hydroxylation sites is 1. The number of aliphatic hydroxyl groups excluding tert-OH is 1. The molecule has 1 fully saturated rings. The van der Waals surface area contributed by atoms with Gasteiger partial charge in [-0.1, -0.05) is 17.7 Å². The van der Waals surface area contributed by atoms with Crippen molar-refractivity contribution < 1.29 is 5.11 Å². The highest BCUT2D eigenvalue weighted by atomic mass is 35.5. The molecule has 1 aliphatic rings. The second-order valence-electron chi connectivity index (χ2n) is 4.91. The van der Waals surface area contributed by atoms with Crippen molar-refractivity contribution in [1.29, 1.82) is 0 Å². The van der Waals surface area contributed by atoms with Crippen LogP contribution in [0, 0.1) is 0 Å². The van der Waals surface area contributed by atoms with Gasteiger partial charge in [-0.3, -0.25) is 0 Å². The Morgan fingerprint density at radius 3 is 2.72 bits per heavy atom. The molecular formula is C13H16ClN3O. The van der Waals surface area contributed by atoms with E-state index in [1.54, 1.807) is 0 Å². The van der Waals surface area contributed by atoms with Crippen LogP contribution in [0.25, 0.3) is 11.0 Å². The van der Waals surface area contributed by atoms with Crippen LogP contribution in [0.1, 0.15) is 31.7 Å². The molecule has 0 unspecified atom stereocenters. The third kappa shape index (κ3) is 1.85. The van der Waals surface area contributed by atoms with Gasteiger partial charge < -0.3 is 15.4 Å². The van der Waals surface area contributed by atoms with E-state index in [4.69, 9.17) is 17.3 Å². The Morgan fingerprint density at radius 2 is 2.00 bits per heavy atom. The summed E-state index contributed by atoms with van der Waals surface area (Å²) in [7, 11) is 0. The van der Waals surface area contributed by atoms with Crippen LogP contribution in [-0.4, -0.2) is 20.8 Å². The Bertz CT molecular complexity index is 573. The van der Waals surface area contributed by atoms with E-state index in [-0.39, 0.29) is 6.10 Å². The summed E-state index contributed by atoms with van der Waals surface area (Å²) >= 11 is 6.26. The zero-order chi connectivity index (χ0) is 12.7. The molecule has 3 rings (SSSR count). The summed E-state index contributed by atoms with van der Waals surface area (Å²) in [6, 6.07) is 5.95. The van der Waals surface area contributed by atoms with E-state index in [0.29, 0.717) is 17.0 Å². The molecule has 4 nitrogen and oxygen atoms in total. The zero-order valence-corrected chi connectivity index (χ0v) is 10.8. The lowest BCUT2D eigenvalue weighted by Gasteiger charge is -2.27. The Labute approximate surface area is 110 Å². The van der Waals surface area contributed by atoms with Crippen LogP contribution in [0.15, 0.2) is 18.2 Å². The molecular weight excluding hydrogens is 250 g/mol. The number of rotatable bonds is 1. The van der Waals surface area contributed by atoms with Crippen molar-refractivity contribution in [2.24, 2.45) is 0 Å². The second-order valence-corrected chi connectivity index (χ2v) is 5.32. The minimum Gasteiger partial charge on any atom is -0.393 e. The van der Waals surface area contributed by atoms with Crippen molar-refractivity contribution in [2.75, 3.05) is 5.73 Å². The van der Waals surface area contributed by atoms with Gasteiger partial charge >= 0.3 is 0 Å². The number of halogens is 1. The highest BCUT2D eigenvalue weighted by Crippen LogP contribution is 2.35. The SMILES string of the molecule is Nc1nc2cccc(Cl)c2n1C1CCC(O)CC1. The minimum atomic E-state index is -0.173. The van der Waals surface area contributed by atoms with Crippen molar-refractivity contribution in [2.45, 2.75) is 37.8 Å². The molecule has 3 N–H and O–H groups in total. The number of nitrogen functional groups attached to an aromatic ring is 1. The number of nitrogens with zero attached hydrogens (tertiary/aromatic N) is 2.